The van der Waals surface area contributed by atoms with Crippen molar-refractivity contribution < 1.29 is 19.1 Å². The van der Waals surface area contributed by atoms with E-state index in [9.17, 15) is 9.59 Å². The van der Waals surface area contributed by atoms with Crippen molar-refractivity contribution in [3.8, 4) is 17.6 Å². The summed E-state index contributed by atoms with van der Waals surface area (Å²) in [5.74, 6) is 0.674. The van der Waals surface area contributed by atoms with Gasteiger partial charge in [-0.1, -0.05) is 30.7 Å². The number of aromatic nitrogens is 1. The third kappa shape index (κ3) is 6.12. The predicted molar refractivity (Wildman–Crippen MR) is 129 cm³/mol. The van der Waals surface area contributed by atoms with E-state index in [1.54, 1.807) is 62.4 Å². The Labute approximate surface area is 203 Å². The second-order valence-corrected chi connectivity index (χ2v) is 8.04. The number of nitriles is 1. The molecule has 0 aliphatic rings. The van der Waals surface area contributed by atoms with Gasteiger partial charge in [0.25, 0.3) is 0 Å². The molecule has 0 aliphatic heterocycles. The van der Waals surface area contributed by atoms with E-state index in [1.807, 2.05) is 6.92 Å². The number of anilines is 1. The number of amides is 2. The van der Waals surface area contributed by atoms with Gasteiger partial charge in [0.1, 0.15) is 11.5 Å². The Kier molecular flexibility index (Phi) is 8.23. The van der Waals surface area contributed by atoms with Gasteiger partial charge in [-0.2, -0.15) is 5.26 Å². The van der Waals surface area contributed by atoms with Crippen molar-refractivity contribution in [2.75, 3.05) is 4.90 Å². The van der Waals surface area contributed by atoms with E-state index in [-0.39, 0.29) is 17.1 Å². The number of halogens is 1. The van der Waals surface area contributed by atoms with E-state index >= 15 is 0 Å². The van der Waals surface area contributed by atoms with Crippen molar-refractivity contribution >= 4 is 29.3 Å². The lowest BCUT2D eigenvalue weighted by Gasteiger charge is -2.23. The summed E-state index contributed by atoms with van der Waals surface area (Å²) in [6.45, 7) is 5.30. The van der Waals surface area contributed by atoms with Crippen molar-refractivity contribution in [1.82, 2.24) is 4.98 Å². The van der Waals surface area contributed by atoms with Crippen LogP contribution < -0.4 is 9.64 Å². The van der Waals surface area contributed by atoms with E-state index < -0.39 is 18.1 Å². The number of benzene rings is 2. The first-order valence-corrected chi connectivity index (χ1v) is 11.1. The van der Waals surface area contributed by atoms with Crippen molar-refractivity contribution in [1.29, 1.82) is 5.26 Å². The molecule has 0 atom stereocenters. The van der Waals surface area contributed by atoms with Crippen LogP contribution in [-0.2, 0) is 22.4 Å². The maximum Gasteiger partial charge on any atom is 0.421 e. The average molecular weight is 478 g/mol. The van der Waals surface area contributed by atoms with Gasteiger partial charge in [-0.05, 0) is 68.3 Å². The van der Waals surface area contributed by atoms with Gasteiger partial charge >= 0.3 is 6.09 Å². The quantitative estimate of drug-likeness (QED) is 0.409. The largest absolute Gasteiger partial charge is 0.457 e. The minimum atomic E-state index is -0.795. The van der Waals surface area contributed by atoms with Gasteiger partial charge in [-0.3, -0.25) is 9.78 Å². The van der Waals surface area contributed by atoms with E-state index in [4.69, 9.17) is 26.3 Å². The predicted octanol–water partition coefficient (Wildman–Crippen LogP) is 6.08. The molecule has 3 rings (SSSR count). The summed E-state index contributed by atoms with van der Waals surface area (Å²) in [4.78, 5) is 31.2. The molecule has 8 heteroatoms. The van der Waals surface area contributed by atoms with Crippen molar-refractivity contribution in [2.24, 2.45) is 0 Å². The Bertz CT molecular complexity index is 1200. The number of carbonyl (C=O) groups is 2. The molecule has 3 aromatic rings. The summed E-state index contributed by atoms with van der Waals surface area (Å²) in [6, 6.07) is 17.3. The number of carbonyl (C=O) groups excluding carboxylic acids is 2. The van der Waals surface area contributed by atoms with Gasteiger partial charge in [-0.25, -0.2) is 9.69 Å². The normalized spacial score (nSPS) is 10.5. The fourth-order valence-electron chi connectivity index (χ4n) is 3.15. The second-order valence-electron chi connectivity index (χ2n) is 7.66. The molecule has 0 saturated heterocycles. The Balaban J connectivity index is 1.79. The molecule has 1 aromatic heterocycles. The fourth-order valence-corrected chi connectivity index (χ4v) is 3.48. The minimum absolute atomic E-state index is 0.0511. The zero-order valence-corrected chi connectivity index (χ0v) is 19.9. The number of rotatable bonds is 7. The highest BCUT2D eigenvalue weighted by Gasteiger charge is 2.28. The SMILES string of the molecule is CCc1nccc(N(C(=O)Cc2ccc(Oc3ccc(C#N)cc3)cc2)C(=O)OC(C)C)c1Cl. The molecule has 0 spiro atoms. The third-order valence-electron chi connectivity index (χ3n) is 4.78. The Morgan fingerprint density at radius 1 is 1.06 bits per heavy atom. The number of aryl methyl sites for hydroxylation is 1. The van der Waals surface area contributed by atoms with Crippen molar-refractivity contribution in [3.05, 3.63) is 82.6 Å². The lowest BCUT2D eigenvalue weighted by molar-refractivity contribution is -0.117. The van der Waals surface area contributed by atoms with Gasteiger partial charge in [0, 0.05) is 6.20 Å². The molecule has 1 heterocycles. The first-order chi connectivity index (χ1) is 16.3. The van der Waals surface area contributed by atoms with E-state index in [0.29, 0.717) is 34.7 Å². The van der Waals surface area contributed by atoms with Crippen molar-refractivity contribution in [2.45, 2.75) is 39.7 Å². The molecule has 0 aliphatic carbocycles. The molecule has 0 fully saturated rings. The second kappa shape index (κ2) is 11.3. The fraction of sp³-hybridized carbons (Fsp3) is 0.231. The molecular weight excluding hydrogens is 454 g/mol. The maximum atomic E-state index is 13.2. The van der Waals surface area contributed by atoms with Crippen LogP contribution in [0.5, 0.6) is 11.5 Å². The summed E-state index contributed by atoms with van der Waals surface area (Å²) in [7, 11) is 0. The molecule has 0 bridgehead atoms. The number of imide groups is 1. The molecule has 0 radical (unpaired) electrons. The van der Waals surface area contributed by atoms with E-state index in [0.717, 1.165) is 4.90 Å². The van der Waals surface area contributed by atoms with Gasteiger partial charge in [0.05, 0.1) is 40.6 Å². The van der Waals surface area contributed by atoms with Gasteiger partial charge < -0.3 is 9.47 Å². The Hall–Kier alpha value is -3.89. The summed E-state index contributed by atoms with van der Waals surface area (Å²) >= 11 is 6.45. The third-order valence-corrected chi connectivity index (χ3v) is 5.19. The molecule has 174 valence electrons. The van der Waals surface area contributed by atoms with Crippen molar-refractivity contribution in [3.63, 3.8) is 0 Å². The summed E-state index contributed by atoms with van der Waals surface area (Å²) in [6.07, 6.45) is 0.806. The maximum absolute atomic E-state index is 13.2. The van der Waals surface area contributed by atoms with E-state index in [1.165, 1.54) is 12.3 Å². The topological polar surface area (TPSA) is 92.5 Å². The zero-order valence-electron chi connectivity index (χ0n) is 19.1. The van der Waals surface area contributed by atoms with Crippen LogP contribution in [-0.4, -0.2) is 23.1 Å². The molecule has 2 aromatic carbocycles. The monoisotopic (exact) mass is 477 g/mol. The zero-order chi connectivity index (χ0) is 24.7. The molecule has 2 amide bonds. The number of ether oxygens (including phenoxy) is 2. The van der Waals surface area contributed by atoms with Crippen LogP contribution in [0.2, 0.25) is 5.02 Å². The Morgan fingerprint density at radius 2 is 1.68 bits per heavy atom. The smallest absolute Gasteiger partial charge is 0.421 e. The van der Waals surface area contributed by atoms with Crippen LogP contribution in [0.15, 0.2) is 60.8 Å². The first kappa shape index (κ1) is 24.7. The number of nitrogens with zero attached hydrogens (tertiary/aromatic N) is 3. The first-order valence-electron chi connectivity index (χ1n) is 10.8. The minimum Gasteiger partial charge on any atom is -0.457 e. The highest BCUT2D eigenvalue weighted by molar-refractivity contribution is 6.35. The molecule has 0 N–H and O–H groups in total. The van der Waals surface area contributed by atoms with Crippen LogP contribution in [0, 0.1) is 11.3 Å². The highest BCUT2D eigenvalue weighted by atomic mass is 35.5. The van der Waals surface area contributed by atoms with Crippen LogP contribution in [0.25, 0.3) is 0 Å². The standard InChI is InChI=1S/C26H24ClN3O4/c1-4-22-25(27)23(13-14-29-22)30(26(32)33-17(2)3)24(31)15-18-5-9-20(10-6-18)34-21-11-7-19(16-28)8-12-21/h5-14,17H,4,15H2,1-3H3. The number of pyridine rings is 1. The van der Waals surface area contributed by atoms with Crippen LogP contribution in [0.3, 0.4) is 0 Å². The molecule has 0 saturated carbocycles. The summed E-state index contributed by atoms with van der Waals surface area (Å²) in [5.41, 5.74) is 2.05. The number of hydrogen-bond acceptors (Lipinski definition) is 6. The van der Waals surface area contributed by atoms with Gasteiger partial charge in [0.15, 0.2) is 0 Å². The lowest BCUT2D eigenvalue weighted by atomic mass is 10.1. The number of hydrogen-bond donors (Lipinski definition) is 0. The molecular formula is C26H24ClN3O4. The summed E-state index contributed by atoms with van der Waals surface area (Å²) < 4.78 is 11.1. The average Bonchev–Trinajstić information content (AvgIpc) is 2.81. The molecule has 0 unspecified atom stereocenters. The Morgan fingerprint density at radius 3 is 2.24 bits per heavy atom. The lowest BCUT2D eigenvalue weighted by Crippen LogP contribution is -2.40. The van der Waals surface area contributed by atoms with Gasteiger partial charge in [-0.15, -0.1) is 0 Å². The van der Waals surface area contributed by atoms with Crippen LogP contribution in [0.4, 0.5) is 10.5 Å². The van der Waals surface area contributed by atoms with Crippen LogP contribution in [0.1, 0.15) is 37.6 Å². The van der Waals surface area contributed by atoms with E-state index in [2.05, 4.69) is 11.1 Å². The molecule has 7 nitrogen and oxygen atoms in total. The molecule has 34 heavy (non-hydrogen) atoms. The summed E-state index contributed by atoms with van der Waals surface area (Å²) in [5, 5.41) is 9.13. The van der Waals surface area contributed by atoms with Crippen LogP contribution >= 0.6 is 11.6 Å². The highest BCUT2D eigenvalue weighted by Crippen LogP contribution is 2.30. The van der Waals surface area contributed by atoms with Gasteiger partial charge in [0.2, 0.25) is 5.91 Å².